The molecule has 1 unspecified atom stereocenters. The van der Waals surface area contributed by atoms with E-state index in [0.717, 1.165) is 11.3 Å². The summed E-state index contributed by atoms with van der Waals surface area (Å²) in [6.45, 7) is 2.66. The van der Waals surface area contributed by atoms with Crippen LogP contribution in [0.25, 0.3) is 0 Å². The van der Waals surface area contributed by atoms with E-state index in [0.29, 0.717) is 18.9 Å². The molecule has 1 aromatic rings. The highest BCUT2D eigenvalue weighted by molar-refractivity contribution is 5.30. The van der Waals surface area contributed by atoms with Gasteiger partial charge >= 0.3 is 0 Å². The average Bonchev–Trinajstić information content (AvgIpc) is 2.48. The average molecular weight is 277 g/mol. The molecule has 112 valence electrons. The molecule has 0 radical (unpaired) electrons. The topological polar surface area (TPSA) is 55.5 Å². The quantitative estimate of drug-likeness (QED) is 0.837. The van der Waals surface area contributed by atoms with Crippen molar-refractivity contribution in [2.24, 2.45) is 11.7 Å². The predicted octanol–water partition coefficient (Wildman–Crippen LogP) is 3.42. The van der Waals surface area contributed by atoms with Crippen LogP contribution < -0.4 is 10.5 Å². The van der Waals surface area contributed by atoms with Crippen molar-refractivity contribution in [2.75, 3.05) is 6.54 Å². The zero-order chi connectivity index (χ0) is 14.4. The van der Waals surface area contributed by atoms with Crippen LogP contribution in [0, 0.1) is 5.92 Å². The molecule has 3 N–H and O–H groups in total. The van der Waals surface area contributed by atoms with Gasteiger partial charge < -0.3 is 15.6 Å². The van der Waals surface area contributed by atoms with Crippen LogP contribution in [-0.2, 0) is 0 Å². The van der Waals surface area contributed by atoms with E-state index in [1.807, 2.05) is 24.3 Å². The number of benzene rings is 1. The summed E-state index contributed by atoms with van der Waals surface area (Å²) in [5.41, 5.74) is 6.38. The summed E-state index contributed by atoms with van der Waals surface area (Å²) >= 11 is 0. The highest BCUT2D eigenvalue weighted by atomic mass is 16.5. The van der Waals surface area contributed by atoms with Crippen molar-refractivity contribution in [1.82, 2.24) is 0 Å². The van der Waals surface area contributed by atoms with Gasteiger partial charge in [0.1, 0.15) is 5.75 Å². The summed E-state index contributed by atoms with van der Waals surface area (Å²) in [5.74, 6) is 1.53. The third kappa shape index (κ3) is 4.22. The fourth-order valence-electron chi connectivity index (χ4n) is 3.03. The molecule has 1 saturated carbocycles. The Kier molecular flexibility index (Phi) is 5.86. The van der Waals surface area contributed by atoms with Crippen LogP contribution in [0.3, 0.4) is 0 Å². The molecule has 0 bridgehead atoms. The fourth-order valence-corrected chi connectivity index (χ4v) is 3.03. The highest BCUT2D eigenvalue weighted by Crippen LogP contribution is 2.29. The number of ether oxygens (including phenoxy) is 1. The van der Waals surface area contributed by atoms with Gasteiger partial charge in [0, 0.05) is 0 Å². The van der Waals surface area contributed by atoms with Gasteiger partial charge in [0.15, 0.2) is 0 Å². The Balaban J connectivity index is 1.96. The molecule has 20 heavy (non-hydrogen) atoms. The number of rotatable bonds is 6. The lowest BCUT2D eigenvalue weighted by Crippen LogP contribution is -2.25. The van der Waals surface area contributed by atoms with E-state index in [-0.39, 0.29) is 6.10 Å². The molecular formula is C17H27NO2. The first-order valence-electron chi connectivity index (χ1n) is 7.85. The zero-order valence-electron chi connectivity index (χ0n) is 12.4. The number of hydrogen-bond acceptors (Lipinski definition) is 3. The maximum atomic E-state index is 9.99. The summed E-state index contributed by atoms with van der Waals surface area (Å²) in [6, 6.07) is 7.79. The third-order valence-electron chi connectivity index (χ3n) is 4.32. The van der Waals surface area contributed by atoms with Gasteiger partial charge in [-0.05, 0) is 56.3 Å². The van der Waals surface area contributed by atoms with E-state index < -0.39 is 6.10 Å². The summed E-state index contributed by atoms with van der Waals surface area (Å²) in [6.07, 6.45) is 6.91. The van der Waals surface area contributed by atoms with Crippen molar-refractivity contribution in [3.63, 3.8) is 0 Å². The molecule has 1 fully saturated rings. The van der Waals surface area contributed by atoms with Gasteiger partial charge in [-0.15, -0.1) is 0 Å². The van der Waals surface area contributed by atoms with Crippen molar-refractivity contribution in [3.05, 3.63) is 29.8 Å². The smallest absolute Gasteiger partial charge is 0.120 e. The molecule has 0 aromatic heterocycles. The second kappa shape index (κ2) is 7.65. The minimum Gasteiger partial charge on any atom is -0.490 e. The first kappa shape index (κ1) is 15.3. The van der Waals surface area contributed by atoms with Crippen molar-refractivity contribution in [2.45, 2.75) is 57.7 Å². The first-order chi connectivity index (χ1) is 9.70. The Morgan fingerprint density at radius 2 is 2.05 bits per heavy atom. The Morgan fingerprint density at radius 1 is 1.30 bits per heavy atom. The van der Waals surface area contributed by atoms with Crippen LogP contribution in [0.2, 0.25) is 0 Å². The van der Waals surface area contributed by atoms with Crippen molar-refractivity contribution >= 4 is 0 Å². The Morgan fingerprint density at radius 3 is 2.75 bits per heavy atom. The molecule has 0 spiro atoms. The maximum Gasteiger partial charge on any atom is 0.120 e. The van der Waals surface area contributed by atoms with E-state index in [9.17, 15) is 5.11 Å². The van der Waals surface area contributed by atoms with Crippen LogP contribution in [0.5, 0.6) is 5.75 Å². The lowest BCUT2D eigenvalue weighted by atomic mass is 9.86. The maximum absolute atomic E-state index is 9.99. The van der Waals surface area contributed by atoms with Crippen LogP contribution >= 0.6 is 0 Å². The second-order valence-corrected chi connectivity index (χ2v) is 5.89. The fraction of sp³-hybridized carbons (Fsp3) is 0.647. The predicted molar refractivity (Wildman–Crippen MR) is 81.7 cm³/mol. The number of hydrogen-bond donors (Lipinski definition) is 2. The number of nitrogens with two attached hydrogens (primary N) is 1. The van der Waals surface area contributed by atoms with Crippen molar-refractivity contribution in [1.29, 1.82) is 0 Å². The van der Waals surface area contributed by atoms with Gasteiger partial charge in [0.2, 0.25) is 0 Å². The monoisotopic (exact) mass is 277 g/mol. The van der Waals surface area contributed by atoms with E-state index in [4.69, 9.17) is 10.5 Å². The van der Waals surface area contributed by atoms with Crippen LogP contribution in [0.15, 0.2) is 24.3 Å². The van der Waals surface area contributed by atoms with Gasteiger partial charge in [0.05, 0.1) is 12.2 Å². The molecule has 1 aromatic carbocycles. The molecule has 1 aliphatic rings. The van der Waals surface area contributed by atoms with Crippen LogP contribution in [0.1, 0.15) is 57.1 Å². The van der Waals surface area contributed by atoms with Gasteiger partial charge in [-0.25, -0.2) is 0 Å². The Labute approximate surface area is 122 Å². The van der Waals surface area contributed by atoms with E-state index in [1.165, 1.54) is 32.1 Å². The lowest BCUT2D eigenvalue weighted by molar-refractivity contribution is 0.122. The van der Waals surface area contributed by atoms with E-state index >= 15 is 0 Å². The molecule has 1 aliphatic carbocycles. The number of aliphatic hydroxyl groups excluding tert-OH is 1. The molecule has 2 atom stereocenters. The zero-order valence-corrected chi connectivity index (χ0v) is 12.4. The van der Waals surface area contributed by atoms with Crippen LogP contribution in [-0.4, -0.2) is 17.8 Å². The van der Waals surface area contributed by atoms with Crippen molar-refractivity contribution in [3.8, 4) is 5.75 Å². The summed E-state index contributed by atoms with van der Waals surface area (Å²) < 4.78 is 6.08. The second-order valence-electron chi connectivity index (χ2n) is 5.89. The molecule has 2 rings (SSSR count). The van der Waals surface area contributed by atoms with Crippen LogP contribution in [0.4, 0.5) is 0 Å². The summed E-state index contributed by atoms with van der Waals surface area (Å²) in [5, 5.41) is 9.99. The largest absolute Gasteiger partial charge is 0.490 e. The van der Waals surface area contributed by atoms with E-state index in [2.05, 4.69) is 6.92 Å². The summed E-state index contributed by atoms with van der Waals surface area (Å²) in [4.78, 5) is 0. The SMILES string of the molecule is CC(Oc1cccc([C@H](O)CCN)c1)C1CCCCC1. The highest BCUT2D eigenvalue weighted by Gasteiger charge is 2.21. The molecule has 0 heterocycles. The first-order valence-corrected chi connectivity index (χ1v) is 7.85. The molecule has 3 nitrogen and oxygen atoms in total. The number of aliphatic hydroxyl groups is 1. The Hall–Kier alpha value is -1.06. The minimum absolute atomic E-state index is 0.247. The lowest BCUT2D eigenvalue weighted by Gasteiger charge is -2.28. The standard InChI is InChI=1S/C17H27NO2/c1-13(14-6-3-2-4-7-14)20-16-9-5-8-15(12-16)17(19)10-11-18/h5,8-9,12-14,17,19H,2-4,6-7,10-11,18H2,1H3/t13?,17-/m1/s1. The molecular weight excluding hydrogens is 250 g/mol. The van der Waals surface area contributed by atoms with Crippen molar-refractivity contribution < 1.29 is 9.84 Å². The molecule has 0 amide bonds. The normalized spacial score (nSPS) is 19.6. The van der Waals surface area contributed by atoms with Gasteiger partial charge in [0.25, 0.3) is 0 Å². The molecule has 0 aliphatic heterocycles. The van der Waals surface area contributed by atoms with Gasteiger partial charge in [-0.2, -0.15) is 0 Å². The summed E-state index contributed by atoms with van der Waals surface area (Å²) in [7, 11) is 0. The molecule has 0 saturated heterocycles. The van der Waals surface area contributed by atoms with Gasteiger partial charge in [-0.1, -0.05) is 31.4 Å². The Bertz CT molecular complexity index is 402. The third-order valence-corrected chi connectivity index (χ3v) is 4.32. The molecule has 3 heteroatoms. The van der Waals surface area contributed by atoms with Gasteiger partial charge in [-0.3, -0.25) is 0 Å². The van der Waals surface area contributed by atoms with E-state index in [1.54, 1.807) is 0 Å². The minimum atomic E-state index is -0.492.